The summed E-state index contributed by atoms with van der Waals surface area (Å²) in [5, 5.41) is 3.65. The molecule has 0 bridgehead atoms. The van der Waals surface area contributed by atoms with E-state index in [1.807, 2.05) is 0 Å². The molecule has 108 valence electrons. The van der Waals surface area contributed by atoms with Gasteiger partial charge < -0.3 is 14.8 Å². The van der Waals surface area contributed by atoms with Gasteiger partial charge in [-0.1, -0.05) is 20.3 Å². The highest BCUT2D eigenvalue weighted by Gasteiger charge is 2.20. The number of hydrogen-bond donors (Lipinski definition) is 1. The van der Waals surface area contributed by atoms with E-state index in [1.54, 1.807) is 0 Å². The maximum absolute atomic E-state index is 4.64. The minimum atomic E-state index is 0.552. The molecule has 1 aromatic heterocycles. The third-order valence-corrected chi connectivity index (χ3v) is 3.94. The smallest absolute Gasteiger partial charge is 0.203 e. The SMILES string of the molecule is CCCCn1cc(C)nc1NC1CCCN(CC)C1. The van der Waals surface area contributed by atoms with Gasteiger partial charge in [-0.15, -0.1) is 0 Å². The van der Waals surface area contributed by atoms with Gasteiger partial charge in [0, 0.05) is 25.3 Å². The Morgan fingerprint density at radius 3 is 3.00 bits per heavy atom. The van der Waals surface area contributed by atoms with E-state index in [-0.39, 0.29) is 0 Å². The van der Waals surface area contributed by atoms with Crippen LogP contribution in [0.1, 0.15) is 45.2 Å². The van der Waals surface area contributed by atoms with Crippen molar-refractivity contribution in [3.63, 3.8) is 0 Å². The van der Waals surface area contributed by atoms with E-state index in [0.717, 1.165) is 31.3 Å². The molecule has 19 heavy (non-hydrogen) atoms. The second-order valence-corrected chi connectivity index (χ2v) is 5.63. The van der Waals surface area contributed by atoms with Crippen LogP contribution in [0.4, 0.5) is 5.95 Å². The maximum atomic E-state index is 4.64. The van der Waals surface area contributed by atoms with Crippen molar-refractivity contribution in [3.05, 3.63) is 11.9 Å². The minimum Gasteiger partial charge on any atom is -0.352 e. The van der Waals surface area contributed by atoms with Crippen LogP contribution in [0.25, 0.3) is 0 Å². The summed E-state index contributed by atoms with van der Waals surface area (Å²) in [5.74, 6) is 1.06. The van der Waals surface area contributed by atoms with E-state index in [1.165, 1.54) is 32.2 Å². The lowest BCUT2D eigenvalue weighted by Gasteiger charge is -2.32. The summed E-state index contributed by atoms with van der Waals surface area (Å²) in [6.07, 6.45) is 7.16. The fraction of sp³-hybridized carbons (Fsp3) is 0.800. The van der Waals surface area contributed by atoms with Crippen molar-refractivity contribution in [1.29, 1.82) is 0 Å². The molecule has 1 aliphatic heterocycles. The molecule has 2 heterocycles. The lowest BCUT2D eigenvalue weighted by atomic mass is 10.1. The van der Waals surface area contributed by atoms with Gasteiger partial charge in [0.25, 0.3) is 0 Å². The Bertz CT molecular complexity index is 385. The zero-order chi connectivity index (χ0) is 13.7. The Labute approximate surface area is 117 Å². The summed E-state index contributed by atoms with van der Waals surface area (Å²) in [7, 11) is 0. The largest absolute Gasteiger partial charge is 0.352 e. The Balaban J connectivity index is 1.97. The van der Waals surface area contributed by atoms with Crippen molar-refractivity contribution in [1.82, 2.24) is 14.5 Å². The molecule has 0 amide bonds. The van der Waals surface area contributed by atoms with E-state index in [2.05, 4.69) is 46.7 Å². The van der Waals surface area contributed by atoms with Crippen LogP contribution >= 0.6 is 0 Å². The first-order valence-electron chi connectivity index (χ1n) is 7.75. The van der Waals surface area contributed by atoms with E-state index >= 15 is 0 Å². The lowest BCUT2D eigenvalue weighted by molar-refractivity contribution is 0.226. The number of anilines is 1. The molecule has 1 unspecified atom stereocenters. The highest BCUT2D eigenvalue weighted by molar-refractivity contribution is 5.30. The number of rotatable bonds is 6. The van der Waals surface area contributed by atoms with E-state index in [0.29, 0.717) is 6.04 Å². The molecule has 0 radical (unpaired) electrons. The van der Waals surface area contributed by atoms with Crippen molar-refractivity contribution in [2.75, 3.05) is 25.0 Å². The number of likely N-dealkylation sites (tertiary alicyclic amines) is 1. The molecule has 0 spiro atoms. The number of aryl methyl sites for hydroxylation is 2. The molecule has 2 rings (SSSR count). The third kappa shape index (κ3) is 3.96. The van der Waals surface area contributed by atoms with E-state index in [4.69, 9.17) is 0 Å². The predicted octanol–water partition coefficient (Wildman–Crippen LogP) is 2.89. The zero-order valence-electron chi connectivity index (χ0n) is 12.7. The number of nitrogens with one attached hydrogen (secondary N) is 1. The number of aromatic nitrogens is 2. The maximum Gasteiger partial charge on any atom is 0.203 e. The zero-order valence-corrected chi connectivity index (χ0v) is 12.7. The molecule has 1 fully saturated rings. The molecule has 1 aliphatic rings. The minimum absolute atomic E-state index is 0.552. The van der Waals surface area contributed by atoms with Gasteiger partial charge in [-0.2, -0.15) is 0 Å². The first kappa shape index (κ1) is 14.4. The number of imidazole rings is 1. The molecule has 0 saturated carbocycles. The van der Waals surface area contributed by atoms with Gasteiger partial charge in [-0.3, -0.25) is 0 Å². The fourth-order valence-electron chi connectivity index (χ4n) is 2.80. The first-order chi connectivity index (χ1) is 9.22. The standard InChI is InChI=1S/C15H28N4/c1-4-6-10-19-11-13(3)16-15(19)17-14-8-7-9-18(5-2)12-14/h11,14H,4-10,12H2,1-3H3,(H,16,17). The van der Waals surface area contributed by atoms with Crippen LogP contribution in [0.5, 0.6) is 0 Å². The third-order valence-electron chi connectivity index (χ3n) is 3.94. The predicted molar refractivity (Wildman–Crippen MR) is 80.6 cm³/mol. The highest BCUT2D eigenvalue weighted by Crippen LogP contribution is 2.16. The Hall–Kier alpha value is -1.03. The summed E-state index contributed by atoms with van der Waals surface area (Å²) in [4.78, 5) is 7.16. The summed E-state index contributed by atoms with van der Waals surface area (Å²) in [6, 6.07) is 0.552. The quantitative estimate of drug-likeness (QED) is 0.857. The molecular weight excluding hydrogens is 236 g/mol. The van der Waals surface area contributed by atoms with Crippen LogP contribution in [-0.4, -0.2) is 40.1 Å². The molecule has 4 nitrogen and oxygen atoms in total. The summed E-state index contributed by atoms with van der Waals surface area (Å²) in [5.41, 5.74) is 1.11. The number of likely N-dealkylation sites (N-methyl/N-ethyl adjacent to an activating group) is 1. The molecule has 1 aromatic rings. The van der Waals surface area contributed by atoms with Gasteiger partial charge in [0.15, 0.2) is 0 Å². The van der Waals surface area contributed by atoms with Crippen LogP contribution in [0, 0.1) is 6.92 Å². The van der Waals surface area contributed by atoms with Gasteiger partial charge in [-0.25, -0.2) is 4.98 Å². The van der Waals surface area contributed by atoms with Gasteiger partial charge in [0.2, 0.25) is 5.95 Å². The van der Waals surface area contributed by atoms with Gasteiger partial charge in [0.05, 0.1) is 5.69 Å². The van der Waals surface area contributed by atoms with Crippen molar-refractivity contribution >= 4 is 5.95 Å². The van der Waals surface area contributed by atoms with E-state index in [9.17, 15) is 0 Å². The first-order valence-corrected chi connectivity index (χ1v) is 7.75. The highest BCUT2D eigenvalue weighted by atomic mass is 15.2. The molecule has 0 aliphatic carbocycles. The van der Waals surface area contributed by atoms with Crippen LogP contribution in [0.15, 0.2) is 6.20 Å². The van der Waals surface area contributed by atoms with Crippen LogP contribution in [0.3, 0.4) is 0 Å². The van der Waals surface area contributed by atoms with Gasteiger partial charge >= 0.3 is 0 Å². The molecule has 1 N–H and O–H groups in total. The van der Waals surface area contributed by atoms with Crippen molar-refractivity contribution < 1.29 is 0 Å². The average molecular weight is 264 g/mol. The average Bonchev–Trinajstić information content (AvgIpc) is 2.76. The topological polar surface area (TPSA) is 33.1 Å². The summed E-state index contributed by atoms with van der Waals surface area (Å²) >= 11 is 0. The Kier molecular flexibility index (Phi) is 5.25. The van der Waals surface area contributed by atoms with Crippen molar-refractivity contribution in [3.8, 4) is 0 Å². The lowest BCUT2D eigenvalue weighted by Crippen LogP contribution is -2.42. The molecule has 1 atom stereocenters. The van der Waals surface area contributed by atoms with Crippen molar-refractivity contribution in [2.24, 2.45) is 0 Å². The number of unbranched alkanes of at least 4 members (excludes halogenated alkanes) is 1. The van der Waals surface area contributed by atoms with Crippen LogP contribution in [-0.2, 0) is 6.54 Å². The Morgan fingerprint density at radius 2 is 2.26 bits per heavy atom. The van der Waals surface area contributed by atoms with Crippen LogP contribution in [0.2, 0.25) is 0 Å². The second kappa shape index (κ2) is 6.94. The summed E-state index contributed by atoms with van der Waals surface area (Å²) < 4.78 is 2.28. The van der Waals surface area contributed by atoms with Crippen LogP contribution < -0.4 is 5.32 Å². The van der Waals surface area contributed by atoms with Gasteiger partial charge in [-0.05, 0) is 39.3 Å². The molecular formula is C15H28N4. The molecule has 0 aromatic carbocycles. The molecule has 4 heteroatoms. The second-order valence-electron chi connectivity index (χ2n) is 5.63. The summed E-state index contributed by atoms with van der Waals surface area (Å²) in [6.45, 7) is 11.2. The normalized spacial score (nSPS) is 20.7. The van der Waals surface area contributed by atoms with Gasteiger partial charge in [0.1, 0.15) is 0 Å². The number of nitrogens with zero attached hydrogens (tertiary/aromatic N) is 3. The number of hydrogen-bond acceptors (Lipinski definition) is 3. The number of piperidine rings is 1. The van der Waals surface area contributed by atoms with Crippen molar-refractivity contribution in [2.45, 2.75) is 59.0 Å². The van der Waals surface area contributed by atoms with E-state index < -0.39 is 0 Å². The fourth-order valence-corrected chi connectivity index (χ4v) is 2.80. The molecule has 1 saturated heterocycles. The Morgan fingerprint density at radius 1 is 1.42 bits per heavy atom. The monoisotopic (exact) mass is 264 g/mol.